The first kappa shape index (κ1) is 22.2. The van der Waals surface area contributed by atoms with Crippen molar-refractivity contribution in [1.29, 1.82) is 0 Å². The van der Waals surface area contributed by atoms with Crippen LogP contribution in [0.25, 0.3) is 0 Å². The number of hydrogen-bond acceptors (Lipinski definition) is 5. The number of ether oxygens (including phenoxy) is 1. The third-order valence-corrected chi connectivity index (χ3v) is 5.44. The van der Waals surface area contributed by atoms with E-state index in [9.17, 15) is 19.1 Å². The van der Waals surface area contributed by atoms with Gasteiger partial charge in [-0.15, -0.1) is 0 Å². The number of carbonyl (C=O) groups is 2. The Morgan fingerprint density at radius 3 is 2.96 bits per heavy atom. The number of rotatable bonds is 11. The Bertz CT molecular complexity index is 712. The van der Waals surface area contributed by atoms with Crippen molar-refractivity contribution in [2.45, 2.75) is 38.3 Å². The molecule has 1 fully saturated rings. The van der Waals surface area contributed by atoms with Crippen molar-refractivity contribution in [2.75, 3.05) is 24.7 Å². The van der Waals surface area contributed by atoms with Crippen LogP contribution in [-0.4, -0.2) is 64.0 Å². The minimum atomic E-state index is -0.803. The fourth-order valence-corrected chi connectivity index (χ4v) is 3.75. The number of halogens is 1. The van der Waals surface area contributed by atoms with E-state index in [4.69, 9.17) is 9.84 Å². The zero-order valence-corrected chi connectivity index (χ0v) is 16.7. The summed E-state index contributed by atoms with van der Waals surface area (Å²) < 4.78 is 18.4. The zero-order valence-electron chi connectivity index (χ0n) is 15.8. The van der Waals surface area contributed by atoms with Gasteiger partial charge in [-0.2, -0.15) is 11.8 Å². The van der Waals surface area contributed by atoms with E-state index in [0.717, 1.165) is 11.3 Å². The Hall–Kier alpha value is -2.06. The number of thioether (sulfide) groups is 1. The Balaban J connectivity index is 1.79. The molecule has 2 rings (SSSR count). The van der Waals surface area contributed by atoms with E-state index in [-0.39, 0.29) is 31.0 Å². The largest absolute Gasteiger partial charge is 0.481 e. The molecule has 154 valence electrons. The number of carboxylic acids is 1. The highest BCUT2D eigenvalue weighted by molar-refractivity contribution is 7.99. The van der Waals surface area contributed by atoms with E-state index in [1.165, 1.54) is 6.07 Å². The third kappa shape index (κ3) is 7.16. The first-order valence-electron chi connectivity index (χ1n) is 9.21. The summed E-state index contributed by atoms with van der Waals surface area (Å²) in [5.41, 5.74) is 1.37. The highest BCUT2D eigenvalue weighted by Crippen LogP contribution is 2.17. The van der Waals surface area contributed by atoms with Gasteiger partial charge in [0.1, 0.15) is 12.4 Å². The van der Waals surface area contributed by atoms with E-state index in [1.54, 1.807) is 47.9 Å². The van der Waals surface area contributed by atoms with Gasteiger partial charge in [0.2, 0.25) is 0 Å². The molecule has 1 aliphatic rings. The van der Waals surface area contributed by atoms with E-state index in [0.29, 0.717) is 30.7 Å². The molecule has 0 aliphatic carbocycles. The number of cyclic esters (lactones) is 1. The lowest BCUT2D eigenvalue weighted by Crippen LogP contribution is -2.34. The van der Waals surface area contributed by atoms with Gasteiger partial charge in [-0.1, -0.05) is 24.3 Å². The van der Waals surface area contributed by atoms with Gasteiger partial charge in [-0.05, 0) is 36.3 Å². The molecule has 0 aromatic heterocycles. The number of aliphatic hydroxyl groups is 1. The summed E-state index contributed by atoms with van der Waals surface area (Å²) in [6.07, 6.45) is 3.38. The average molecular weight is 411 g/mol. The average Bonchev–Trinajstić information content (AvgIpc) is 2.99. The fraction of sp³-hybridized carbons (Fsp3) is 0.500. The van der Waals surface area contributed by atoms with E-state index >= 15 is 0 Å². The standard InChI is InChI=1S/C20H26FNO5S/c1-14-11-15(4-7-18(14)21)12-17(23)6-5-16-13-27-20(26)22(16)8-10-28-9-2-3-19(24)25/h4-7,11,16-17,23H,2-3,8-10,12-13H2,1H3,(H,24,25)/b6-5+/t16-,17+/m0/s1. The second-order valence-electron chi connectivity index (χ2n) is 6.69. The van der Waals surface area contributed by atoms with Crippen LogP contribution in [0.5, 0.6) is 0 Å². The molecule has 0 spiro atoms. The molecule has 6 nitrogen and oxygen atoms in total. The van der Waals surface area contributed by atoms with Crippen molar-refractivity contribution in [3.63, 3.8) is 0 Å². The van der Waals surface area contributed by atoms with Crippen LogP contribution in [0.4, 0.5) is 9.18 Å². The van der Waals surface area contributed by atoms with Gasteiger partial charge in [0, 0.05) is 25.1 Å². The number of aliphatic hydroxyl groups excluding tert-OH is 1. The number of aryl methyl sites for hydroxylation is 1. The lowest BCUT2D eigenvalue weighted by molar-refractivity contribution is -0.137. The Morgan fingerprint density at radius 2 is 2.25 bits per heavy atom. The van der Waals surface area contributed by atoms with Gasteiger partial charge < -0.3 is 14.9 Å². The molecular weight excluding hydrogens is 385 g/mol. The van der Waals surface area contributed by atoms with Crippen LogP contribution in [0.3, 0.4) is 0 Å². The SMILES string of the molecule is Cc1cc(C[C@H](O)/C=C/[C@H]2COC(=O)N2CCSCCCC(=O)O)ccc1F. The minimum absolute atomic E-state index is 0.148. The number of hydrogen-bond donors (Lipinski definition) is 2. The minimum Gasteiger partial charge on any atom is -0.481 e. The Morgan fingerprint density at radius 1 is 1.46 bits per heavy atom. The molecule has 0 saturated carbocycles. The molecule has 0 unspecified atom stereocenters. The van der Waals surface area contributed by atoms with Crippen LogP contribution in [0, 0.1) is 12.7 Å². The van der Waals surface area contributed by atoms with Crippen LogP contribution in [0.1, 0.15) is 24.0 Å². The quantitative estimate of drug-likeness (QED) is 0.430. The lowest BCUT2D eigenvalue weighted by atomic mass is 10.0. The molecule has 2 N–H and O–H groups in total. The number of aliphatic carboxylic acids is 1. The summed E-state index contributed by atoms with van der Waals surface area (Å²) in [7, 11) is 0. The van der Waals surface area contributed by atoms with Gasteiger partial charge >= 0.3 is 12.1 Å². The zero-order chi connectivity index (χ0) is 20.5. The predicted molar refractivity (Wildman–Crippen MR) is 106 cm³/mol. The van der Waals surface area contributed by atoms with Crippen molar-refractivity contribution >= 4 is 23.8 Å². The summed E-state index contributed by atoms with van der Waals surface area (Å²) in [5, 5.41) is 18.8. The molecule has 1 aliphatic heterocycles. The molecule has 0 radical (unpaired) electrons. The summed E-state index contributed by atoms with van der Waals surface area (Å²) in [6, 6.07) is 4.51. The molecule has 1 aromatic rings. The molecular formula is C20H26FNO5S. The van der Waals surface area contributed by atoms with E-state index in [2.05, 4.69) is 0 Å². The Labute approximate surface area is 168 Å². The number of carboxylic acid groups (broad SMARTS) is 1. The number of benzene rings is 1. The van der Waals surface area contributed by atoms with Gasteiger partial charge in [0.15, 0.2) is 0 Å². The van der Waals surface area contributed by atoms with Crippen LogP contribution in [0.2, 0.25) is 0 Å². The molecule has 28 heavy (non-hydrogen) atoms. The highest BCUT2D eigenvalue weighted by Gasteiger charge is 2.30. The van der Waals surface area contributed by atoms with E-state index in [1.807, 2.05) is 0 Å². The normalized spacial score (nSPS) is 17.9. The van der Waals surface area contributed by atoms with Crippen LogP contribution in [-0.2, 0) is 16.0 Å². The summed E-state index contributed by atoms with van der Waals surface area (Å²) in [5.74, 6) is 0.345. The summed E-state index contributed by atoms with van der Waals surface area (Å²) >= 11 is 1.60. The van der Waals surface area contributed by atoms with Gasteiger partial charge in [0.25, 0.3) is 0 Å². The van der Waals surface area contributed by atoms with Crippen LogP contribution >= 0.6 is 11.8 Å². The second-order valence-corrected chi connectivity index (χ2v) is 7.91. The van der Waals surface area contributed by atoms with Gasteiger partial charge in [0.05, 0.1) is 12.1 Å². The topological polar surface area (TPSA) is 87.1 Å². The molecule has 1 aromatic carbocycles. The molecule has 8 heteroatoms. The van der Waals surface area contributed by atoms with Crippen LogP contribution in [0.15, 0.2) is 30.4 Å². The van der Waals surface area contributed by atoms with Gasteiger partial charge in [-0.25, -0.2) is 9.18 Å². The Kier molecular flexibility index (Phi) is 8.79. The summed E-state index contributed by atoms with van der Waals surface area (Å²) in [6.45, 7) is 2.42. The van der Waals surface area contributed by atoms with Gasteiger partial charge in [-0.3, -0.25) is 9.69 Å². The summed E-state index contributed by atoms with van der Waals surface area (Å²) in [4.78, 5) is 24.0. The van der Waals surface area contributed by atoms with Crippen molar-refractivity contribution in [2.24, 2.45) is 0 Å². The van der Waals surface area contributed by atoms with E-state index < -0.39 is 12.1 Å². The molecule has 0 bridgehead atoms. The number of nitrogens with zero attached hydrogens (tertiary/aromatic N) is 1. The fourth-order valence-electron chi connectivity index (χ4n) is 2.87. The predicted octanol–water partition coefficient (Wildman–Crippen LogP) is 3.01. The van der Waals surface area contributed by atoms with Crippen molar-refractivity contribution in [3.8, 4) is 0 Å². The molecule has 2 atom stereocenters. The molecule has 1 heterocycles. The molecule has 1 amide bonds. The van der Waals surface area contributed by atoms with Crippen molar-refractivity contribution in [3.05, 3.63) is 47.3 Å². The maximum absolute atomic E-state index is 13.3. The third-order valence-electron chi connectivity index (χ3n) is 4.39. The molecule has 1 saturated heterocycles. The highest BCUT2D eigenvalue weighted by atomic mass is 32.2. The van der Waals surface area contributed by atoms with Crippen molar-refractivity contribution < 1.29 is 28.9 Å². The number of amides is 1. The number of carbonyl (C=O) groups excluding carboxylic acids is 1. The second kappa shape index (κ2) is 11.1. The lowest BCUT2D eigenvalue weighted by Gasteiger charge is -2.18. The first-order chi connectivity index (χ1) is 13.4. The maximum atomic E-state index is 13.3. The van der Waals surface area contributed by atoms with Crippen molar-refractivity contribution in [1.82, 2.24) is 4.90 Å². The first-order valence-corrected chi connectivity index (χ1v) is 10.4. The van der Waals surface area contributed by atoms with Crippen LogP contribution < -0.4 is 0 Å². The monoisotopic (exact) mass is 411 g/mol. The smallest absolute Gasteiger partial charge is 0.410 e. The maximum Gasteiger partial charge on any atom is 0.410 e.